The quantitative estimate of drug-likeness (QED) is 0.184. The summed E-state index contributed by atoms with van der Waals surface area (Å²) in [5.74, 6) is 0.740. The van der Waals surface area contributed by atoms with E-state index in [9.17, 15) is 13.7 Å². The molecule has 5 aromatic rings. The van der Waals surface area contributed by atoms with Gasteiger partial charge in [-0.2, -0.15) is 9.64 Å². The number of hydrogen-bond donors (Lipinski definition) is 2. The second kappa shape index (κ2) is 12.3. The average Bonchev–Trinajstić information content (AvgIpc) is 3.49. The summed E-state index contributed by atoms with van der Waals surface area (Å²) in [6.45, 7) is 5.00. The van der Waals surface area contributed by atoms with Crippen molar-refractivity contribution in [3.8, 4) is 39.8 Å². The molecule has 11 heteroatoms. The van der Waals surface area contributed by atoms with Crippen molar-refractivity contribution in [3.05, 3.63) is 103 Å². The third-order valence-electron chi connectivity index (χ3n) is 6.13. The predicted octanol–water partition coefficient (Wildman–Crippen LogP) is 6.72. The summed E-state index contributed by atoms with van der Waals surface area (Å²) in [6, 6.07) is 24.5. The van der Waals surface area contributed by atoms with Gasteiger partial charge in [-0.25, -0.2) is 13.4 Å². The lowest BCUT2D eigenvalue weighted by Crippen LogP contribution is -2.21. The molecule has 0 saturated heterocycles. The minimum atomic E-state index is -3.97. The number of anilines is 1. The van der Waals surface area contributed by atoms with E-state index in [0.29, 0.717) is 11.8 Å². The van der Waals surface area contributed by atoms with E-state index in [1.807, 2.05) is 36.4 Å². The molecule has 210 valence electrons. The summed E-state index contributed by atoms with van der Waals surface area (Å²) in [4.78, 5) is 7.90. The van der Waals surface area contributed by atoms with Crippen LogP contribution in [0.15, 0.2) is 96.4 Å². The zero-order valence-electron chi connectivity index (χ0n) is 22.3. The van der Waals surface area contributed by atoms with Gasteiger partial charge in [-0.15, -0.1) is 0 Å². The lowest BCUT2D eigenvalue weighted by molar-refractivity contribution is 0.482. The van der Waals surface area contributed by atoms with Crippen LogP contribution in [0.5, 0.6) is 11.5 Å². The highest BCUT2D eigenvalue weighted by atomic mass is 32.2. The zero-order chi connectivity index (χ0) is 28.8. The first-order valence-corrected chi connectivity index (χ1v) is 15.0. The number of hydrogen-bond acceptors (Lipinski definition) is 9. The molecule has 0 saturated carbocycles. The lowest BCUT2D eigenvalue weighted by Gasteiger charge is -2.15. The fraction of sp³-hybridized carbons (Fsp3) is 0.133. The Hall–Kier alpha value is -4.63. The molecule has 2 heterocycles. The van der Waals surface area contributed by atoms with Crippen LogP contribution in [0.1, 0.15) is 27.8 Å². The molecule has 41 heavy (non-hydrogen) atoms. The Morgan fingerprint density at radius 2 is 1.76 bits per heavy atom. The highest BCUT2D eigenvalue weighted by Gasteiger charge is 2.19. The van der Waals surface area contributed by atoms with Gasteiger partial charge in [0.2, 0.25) is 5.13 Å². The molecule has 3 aromatic carbocycles. The van der Waals surface area contributed by atoms with E-state index >= 15 is 0 Å². The van der Waals surface area contributed by atoms with Crippen LogP contribution in [-0.4, -0.2) is 28.8 Å². The molecular formula is C30H30N6O3S2. The van der Waals surface area contributed by atoms with Gasteiger partial charge >= 0.3 is 0 Å². The smallest absolute Gasteiger partial charge is 0.263 e. The van der Waals surface area contributed by atoms with Gasteiger partial charge in [-0.1, -0.05) is 38.1 Å². The summed E-state index contributed by atoms with van der Waals surface area (Å²) in [5, 5.41) is 13.4. The highest BCUT2D eigenvalue weighted by molar-refractivity contribution is 7.93. The van der Waals surface area contributed by atoms with Crippen LogP contribution in [-0.2, 0) is 16.6 Å². The first-order valence-electron chi connectivity index (χ1n) is 12.7. The Balaban J connectivity index is 0.00000253. The minimum absolute atomic E-state index is 0. The largest absolute Gasteiger partial charge is 0.455 e. The molecule has 2 aromatic heterocycles. The Morgan fingerprint density at radius 3 is 2.49 bits per heavy atom. The molecule has 0 radical (unpaired) electrons. The Bertz CT molecular complexity index is 1810. The van der Waals surface area contributed by atoms with Gasteiger partial charge in [0.25, 0.3) is 10.0 Å². The summed E-state index contributed by atoms with van der Waals surface area (Å²) in [5.41, 5.74) is 4.99. The fourth-order valence-corrected chi connectivity index (χ4v) is 5.79. The predicted molar refractivity (Wildman–Crippen MR) is 163 cm³/mol. The van der Waals surface area contributed by atoms with Gasteiger partial charge in [0, 0.05) is 44.9 Å². The maximum atomic E-state index is 12.8. The van der Waals surface area contributed by atoms with Crippen LogP contribution < -0.4 is 14.8 Å². The van der Waals surface area contributed by atoms with Crippen LogP contribution in [0.25, 0.3) is 22.3 Å². The standard InChI is InChI=1S/C30H26N6O3S2.2H2/c1-20(2)33-18-21-4-3-5-23(14-21)24-6-8-29(27(16-24)22-10-12-32-13-11-22)39-28-9-7-26(15-25(28)17-31)41(37,38)36-30-34-19-35-40-30;;/h3-16,19-20,33H,18H2,1-2H3,(H,34,35,36);2*1H. The maximum absolute atomic E-state index is 12.8. The van der Waals surface area contributed by atoms with E-state index in [4.69, 9.17) is 4.74 Å². The molecule has 9 nitrogen and oxygen atoms in total. The van der Waals surface area contributed by atoms with E-state index in [0.717, 1.165) is 40.3 Å². The van der Waals surface area contributed by atoms with Crippen molar-refractivity contribution in [1.82, 2.24) is 19.7 Å². The van der Waals surface area contributed by atoms with Gasteiger partial charge in [0.1, 0.15) is 23.9 Å². The lowest BCUT2D eigenvalue weighted by atomic mass is 9.97. The van der Waals surface area contributed by atoms with Gasteiger partial charge in [-0.05, 0) is 70.8 Å². The second-order valence-corrected chi connectivity index (χ2v) is 11.9. The zero-order valence-corrected chi connectivity index (χ0v) is 23.9. The molecule has 0 amide bonds. The maximum Gasteiger partial charge on any atom is 0.263 e. The Morgan fingerprint density at radius 1 is 0.976 bits per heavy atom. The highest BCUT2D eigenvalue weighted by Crippen LogP contribution is 2.38. The molecule has 0 unspecified atom stereocenters. The molecule has 0 aliphatic rings. The number of nitrogens with zero attached hydrogens (tertiary/aromatic N) is 4. The first kappa shape index (κ1) is 27.9. The van der Waals surface area contributed by atoms with Crippen LogP contribution in [0, 0.1) is 11.3 Å². The summed E-state index contributed by atoms with van der Waals surface area (Å²) < 4.78 is 38.0. The number of ether oxygens (including phenoxy) is 1. The Kier molecular flexibility index (Phi) is 8.35. The summed E-state index contributed by atoms with van der Waals surface area (Å²) in [7, 11) is -3.97. The third-order valence-corrected chi connectivity index (χ3v) is 8.18. The molecule has 5 rings (SSSR count). The average molecular weight is 587 g/mol. The van der Waals surface area contributed by atoms with Crippen molar-refractivity contribution in [2.45, 2.75) is 31.3 Å². The van der Waals surface area contributed by atoms with E-state index < -0.39 is 10.0 Å². The topological polar surface area (TPSA) is 130 Å². The monoisotopic (exact) mass is 586 g/mol. The molecule has 0 aliphatic heterocycles. The van der Waals surface area contributed by atoms with E-state index in [1.165, 1.54) is 30.1 Å². The molecular weight excluding hydrogens is 557 g/mol. The van der Waals surface area contributed by atoms with Gasteiger partial charge in [0.15, 0.2) is 0 Å². The number of pyridine rings is 1. The molecule has 0 bridgehead atoms. The van der Waals surface area contributed by atoms with Crippen LogP contribution in [0.3, 0.4) is 0 Å². The number of sulfonamides is 1. The molecule has 0 fully saturated rings. The fourth-order valence-electron chi connectivity index (χ4n) is 4.10. The van der Waals surface area contributed by atoms with E-state index in [-0.39, 0.29) is 24.2 Å². The summed E-state index contributed by atoms with van der Waals surface area (Å²) >= 11 is 0.914. The van der Waals surface area contributed by atoms with Crippen molar-refractivity contribution >= 4 is 26.7 Å². The van der Waals surface area contributed by atoms with Gasteiger partial charge in [-0.3, -0.25) is 9.71 Å². The van der Waals surface area contributed by atoms with Crippen LogP contribution in [0.2, 0.25) is 0 Å². The minimum Gasteiger partial charge on any atom is -0.455 e. The van der Waals surface area contributed by atoms with Gasteiger partial charge < -0.3 is 10.1 Å². The first-order chi connectivity index (χ1) is 19.8. The molecule has 2 N–H and O–H groups in total. The van der Waals surface area contributed by atoms with Crippen LogP contribution in [0.4, 0.5) is 5.13 Å². The number of rotatable bonds is 10. The molecule has 0 spiro atoms. The third kappa shape index (κ3) is 6.75. The van der Waals surface area contributed by atoms with Crippen molar-refractivity contribution in [3.63, 3.8) is 0 Å². The van der Waals surface area contributed by atoms with Crippen molar-refractivity contribution < 1.29 is 16.0 Å². The summed E-state index contributed by atoms with van der Waals surface area (Å²) in [6.07, 6.45) is 4.66. The number of aromatic nitrogens is 3. The van der Waals surface area contributed by atoms with E-state index in [2.05, 4.69) is 62.5 Å². The van der Waals surface area contributed by atoms with Crippen LogP contribution >= 0.6 is 11.5 Å². The van der Waals surface area contributed by atoms with E-state index in [1.54, 1.807) is 12.4 Å². The SMILES string of the molecule is CC(C)NCc1cccc(-c2ccc(Oc3ccc(S(=O)(=O)Nc4ncns4)cc3C#N)c(-c3ccncc3)c2)c1.[HH].[HH]. The number of benzene rings is 3. The second-order valence-electron chi connectivity index (χ2n) is 9.41. The van der Waals surface area contributed by atoms with Crippen molar-refractivity contribution in [1.29, 1.82) is 5.26 Å². The van der Waals surface area contributed by atoms with Gasteiger partial charge in [0.05, 0.1) is 10.5 Å². The number of nitriles is 1. The van der Waals surface area contributed by atoms with Crippen molar-refractivity contribution in [2.75, 3.05) is 4.72 Å². The molecule has 0 aliphatic carbocycles. The Labute approximate surface area is 245 Å². The normalized spacial score (nSPS) is 11.3. The number of nitrogens with one attached hydrogen (secondary N) is 2. The molecule has 0 atom stereocenters. The van der Waals surface area contributed by atoms with Crippen molar-refractivity contribution in [2.24, 2.45) is 0 Å².